The molecule has 4 rings (SSSR count). The maximum absolute atomic E-state index is 12.6. The molecule has 2 aliphatic rings. The van der Waals surface area contributed by atoms with Crippen LogP contribution in [0.4, 0.5) is 19.0 Å². The van der Waals surface area contributed by atoms with Gasteiger partial charge >= 0.3 is 12.1 Å². The number of hydrogen-bond acceptors (Lipinski definition) is 5. The van der Waals surface area contributed by atoms with Crippen LogP contribution in [0.2, 0.25) is 0 Å². The number of hydrogen-bond donors (Lipinski definition) is 1. The van der Waals surface area contributed by atoms with Gasteiger partial charge in [-0.1, -0.05) is 6.07 Å². The highest BCUT2D eigenvalue weighted by molar-refractivity contribution is 5.91. The molecule has 1 aliphatic carbocycles. The van der Waals surface area contributed by atoms with Gasteiger partial charge in [0.1, 0.15) is 5.82 Å². The van der Waals surface area contributed by atoms with Crippen molar-refractivity contribution in [1.29, 1.82) is 0 Å². The lowest BCUT2D eigenvalue weighted by Gasteiger charge is -2.23. The van der Waals surface area contributed by atoms with Crippen LogP contribution in [-0.2, 0) is 11.3 Å². The summed E-state index contributed by atoms with van der Waals surface area (Å²) in [5, 5.41) is 7.12. The SMILES string of the molecule is Cc1ccc2c(n1)N(CC1CC1)CCN(C(=O)c1ccco1)C2.O=C(O)C(F)(F)F. The Morgan fingerprint density at radius 2 is 1.93 bits per heavy atom. The Bertz CT molecular complexity index is 895. The molecule has 0 unspecified atom stereocenters. The molecule has 1 N–H and O–H groups in total. The van der Waals surface area contributed by atoms with Crippen molar-refractivity contribution in [2.75, 3.05) is 24.5 Å². The molecule has 30 heavy (non-hydrogen) atoms. The summed E-state index contributed by atoms with van der Waals surface area (Å²) in [6.07, 6.45) is -0.914. The fourth-order valence-electron chi connectivity index (χ4n) is 3.12. The number of aryl methyl sites for hydroxylation is 1. The van der Waals surface area contributed by atoms with Crippen molar-refractivity contribution in [2.24, 2.45) is 5.92 Å². The van der Waals surface area contributed by atoms with Crippen LogP contribution < -0.4 is 4.90 Å². The van der Waals surface area contributed by atoms with Crippen LogP contribution >= 0.6 is 0 Å². The van der Waals surface area contributed by atoms with Gasteiger partial charge in [0.15, 0.2) is 5.76 Å². The van der Waals surface area contributed by atoms with Gasteiger partial charge in [0.25, 0.3) is 5.91 Å². The van der Waals surface area contributed by atoms with Gasteiger partial charge in [-0.05, 0) is 43.9 Å². The van der Waals surface area contributed by atoms with Crippen molar-refractivity contribution >= 4 is 17.7 Å². The third-order valence-electron chi connectivity index (χ3n) is 4.83. The number of halogens is 3. The number of alkyl halides is 3. The minimum absolute atomic E-state index is 0.0465. The Labute approximate surface area is 171 Å². The minimum atomic E-state index is -5.08. The molecule has 1 amide bonds. The van der Waals surface area contributed by atoms with Crippen LogP contribution in [0.1, 0.15) is 34.7 Å². The third-order valence-corrected chi connectivity index (χ3v) is 4.83. The summed E-state index contributed by atoms with van der Waals surface area (Å²) in [7, 11) is 0. The molecule has 3 heterocycles. The Morgan fingerprint density at radius 1 is 1.23 bits per heavy atom. The summed E-state index contributed by atoms with van der Waals surface area (Å²) in [6.45, 7) is 5.18. The maximum atomic E-state index is 12.6. The van der Waals surface area contributed by atoms with E-state index in [9.17, 15) is 18.0 Å². The molecule has 0 aromatic carbocycles. The summed E-state index contributed by atoms with van der Waals surface area (Å²) in [5.74, 6) is -0.561. The predicted molar refractivity (Wildman–Crippen MR) is 101 cm³/mol. The first-order chi connectivity index (χ1) is 14.1. The first kappa shape index (κ1) is 21.7. The van der Waals surface area contributed by atoms with Crippen molar-refractivity contribution in [2.45, 2.75) is 32.5 Å². The van der Waals surface area contributed by atoms with Gasteiger partial charge in [-0.25, -0.2) is 9.78 Å². The standard InChI is InChI=1S/C18H21N3O2.C2HF3O2/c1-13-4-7-15-12-21(18(22)16-3-2-10-23-16)9-8-20(17(15)19-13)11-14-5-6-14;3-2(4,5)1(6)7/h2-4,7,10,14H,5-6,8-9,11-12H2,1H3;(H,6,7). The summed E-state index contributed by atoms with van der Waals surface area (Å²) in [4.78, 5) is 30.5. The summed E-state index contributed by atoms with van der Waals surface area (Å²) < 4.78 is 37.0. The second-order valence-electron chi connectivity index (χ2n) is 7.33. The first-order valence-corrected chi connectivity index (χ1v) is 9.49. The Kier molecular flexibility index (Phi) is 6.33. The van der Waals surface area contributed by atoms with Gasteiger partial charge in [-0.2, -0.15) is 13.2 Å². The molecule has 1 fully saturated rings. The zero-order chi connectivity index (χ0) is 21.9. The maximum Gasteiger partial charge on any atom is 0.490 e. The fraction of sp³-hybridized carbons (Fsp3) is 0.450. The number of carbonyl (C=O) groups excluding carboxylic acids is 1. The molecule has 10 heteroatoms. The van der Waals surface area contributed by atoms with E-state index in [1.165, 1.54) is 12.8 Å². The van der Waals surface area contributed by atoms with E-state index in [0.717, 1.165) is 36.1 Å². The van der Waals surface area contributed by atoms with E-state index < -0.39 is 12.1 Å². The Balaban J connectivity index is 0.000000318. The largest absolute Gasteiger partial charge is 0.490 e. The smallest absolute Gasteiger partial charge is 0.475 e. The zero-order valence-electron chi connectivity index (χ0n) is 16.4. The van der Waals surface area contributed by atoms with Crippen LogP contribution in [0, 0.1) is 12.8 Å². The van der Waals surface area contributed by atoms with Gasteiger partial charge in [0.05, 0.1) is 6.26 Å². The van der Waals surface area contributed by atoms with E-state index in [1.54, 1.807) is 18.4 Å². The predicted octanol–water partition coefficient (Wildman–Crippen LogP) is 3.49. The topological polar surface area (TPSA) is 86.9 Å². The van der Waals surface area contributed by atoms with Crippen molar-refractivity contribution in [3.8, 4) is 0 Å². The van der Waals surface area contributed by atoms with E-state index >= 15 is 0 Å². The summed E-state index contributed by atoms with van der Waals surface area (Å²) in [6, 6.07) is 7.60. The molecule has 0 spiro atoms. The van der Waals surface area contributed by atoms with Crippen LogP contribution in [0.25, 0.3) is 0 Å². The van der Waals surface area contributed by atoms with Crippen LogP contribution in [0.15, 0.2) is 34.9 Å². The Morgan fingerprint density at radius 3 is 2.50 bits per heavy atom. The highest BCUT2D eigenvalue weighted by Gasteiger charge is 2.38. The van der Waals surface area contributed by atoms with Crippen molar-refractivity contribution < 1.29 is 32.3 Å². The molecule has 2 aromatic rings. The molecule has 162 valence electrons. The van der Waals surface area contributed by atoms with Gasteiger partial charge in [-0.3, -0.25) is 4.79 Å². The van der Waals surface area contributed by atoms with Gasteiger partial charge < -0.3 is 19.3 Å². The number of fused-ring (bicyclic) bond motifs is 1. The fourth-order valence-corrected chi connectivity index (χ4v) is 3.12. The van der Waals surface area contributed by atoms with Crippen LogP contribution in [0.5, 0.6) is 0 Å². The van der Waals surface area contributed by atoms with Crippen LogP contribution in [-0.4, -0.2) is 52.7 Å². The van der Waals surface area contributed by atoms with E-state index in [1.807, 2.05) is 17.9 Å². The highest BCUT2D eigenvalue weighted by Crippen LogP contribution is 2.33. The lowest BCUT2D eigenvalue weighted by molar-refractivity contribution is -0.192. The quantitative estimate of drug-likeness (QED) is 0.810. The molecule has 0 saturated heterocycles. The number of nitrogens with zero attached hydrogens (tertiary/aromatic N) is 3. The number of amides is 1. The van der Waals surface area contributed by atoms with Gasteiger partial charge in [0, 0.05) is 37.4 Å². The second kappa shape index (κ2) is 8.76. The average Bonchev–Trinajstić information content (AvgIpc) is 3.37. The van der Waals surface area contributed by atoms with E-state index in [4.69, 9.17) is 19.3 Å². The monoisotopic (exact) mass is 425 g/mol. The molecule has 1 aliphatic heterocycles. The molecule has 0 atom stereocenters. The number of carboxylic acid groups (broad SMARTS) is 1. The third kappa shape index (κ3) is 5.52. The van der Waals surface area contributed by atoms with Crippen molar-refractivity contribution in [1.82, 2.24) is 9.88 Å². The summed E-state index contributed by atoms with van der Waals surface area (Å²) in [5.41, 5.74) is 2.14. The number of carbonyl (C=O) groups is 2. The van der Waals surface area contributed by atoms with Crippen LogP contribution in [0.3, 0.4) is 0 Å². The molecule has 1 saturated carbocycles. The first-order valence-electron chi connectivity index (χ1n) is 9.49. The number of aromatic nitrogens is 1. The van der Waals surface area contributed by atoms with E-state index in [-0.39, 0.29) is 5.91 Å². The minimum Gasteiger partial charge on any atom is -0.475 e. The number of anilines is 1. The average molecular weight is 425 g/mol. The zero-order valence-corrected chi connectivity index (χ0v) is 16.4. The van der Waals surface area contributed by atoms with Gasteiger partial charge in [0.2, 0.25) is 0 Å². The van der Waals surface area contributed by atoms with E-state index in [0.29, 0.717) is 18.8 Å². The number of furan rings is 1. The lowest BCUT2D eigenvalue weighted by Crippen LogP contribution is -2.36. The number of pyridine rings is 1. The molecular formula is C20H22F3N3O4. The van der Waals surface area contributed by atoms with Crippen molar-refractivity contribution in [3.63, 3.8) is 0 Å². The van der Waals surface area contributed by atoms with Crippen molar-refractivity contribution in [3.05, 3.63) is 47.5 Å². The number of rotatable bonds is 3. The molecule has 0 bridgehead atoms. The molecule has 7 nitrogen and oxygen atoms in total. The molecule has 0 radical (unpaired) electrons. The molecular weight excluding hydrogens is 403 g/mol. The van der Waals surface area contributed by atoms with E-state index in [2.05, 4.69) is 11.0 Å². The van der Waals surface area contributed by atoms with Gasteiger partial charge in [-0.15, -0.1) is 0 Å². The summed E-state index contributed by atoms with van der Waals surface area (Å²) >= 11 is 0. The lowest BCUT2D eigenvalue weighted by atomic mass is 10.2. The second-order valence-corrected chi connectivity index (χ2v) is 7.33. The Hall–Kier alpha value is -3.04. The highest BCUT2D eigenvalue weighted by atomic mass is 19.4. The molecule has 2 aromatic heterocycles. The number of aliphatic carboxylic acids is 1. The normalized spacial score (nSPS) is 16.3. The number of carboxylic acids is 1.